The fourth-order valence-electron chi connectivity index (χ4n) is 7.02. The zero-order chi connectivity index (χ0) is 36.7. The SMILES string of the molecule is CC(C)(C)OC(=O)N[C@@H]1CCCCC/C=C\[C@@H]2C[C@@]2(C(=O)NS(=O)(=O)C2CC2)NC(=O)[C@@H]2CC(OC(=O)N3Cc4cccc(F)c4C3)CN2C1=O. The molecule has 5 amide bonds. The molecule has 1 saturated heterocycles. The number of allylic oxidation sites excluding steroid dienone is 1. The third kappa shape index (κ3) is 8.31. The van der Waals surface area contributed by atoms with Gasteiger partial charge in [0.05, 0.1) is 18.3 Å². The number of hydrogen-bond acceptors (Lipinski definition) is 9. The van der Waals surface area contributed by atoms with Crippen molar-refractivity contribution >= 4 is 39.9 Å². The van der Waals surface area contributed by atoms with E-state index in [-0.39, 0.29) is 38.9 Å². The number of benzene rings is 1. The van der Waals surface area contributed by atoms with Gasteiger partial charge < -0.3 is 25.0 Å². The minimum atomic E-state index is -3.92. The molecule has 2 aliphatic carbocycles. The molecule has 0 spiro atoms. The van der Waals surface area contributed by atoms with E-state index in [1.54, 1.807) is 32.9 Å². The number of halogens is 1. The average molecular weight is 732 g/mol. The Kier molecular flexibility index (Phi) is 10.1. The van der Waals surface area contributed by atoms with Crippen molar-refractivity contribution in [2.45, 2.75) is 126 Å². The van der Waals surface area contributed by atoms with Crippen LogP contribution in [0.2, 0.25) is 0 Å². The van der Waals surface area contributed by atoms with Crippen LogP contribution in [0.1, 0.15) is 89.7 Å². The quantitative estimate of drug-likeness (QED) is 0.384. The van der Waals surface area contributed by atoms with Crippen LogP contribution >= 0.6 is 0 Å². The lowest BCUT2D eigenvalue weighted by Gasteiger charge is -2.30. The standard InChI is InChI=1S/C35H46FN5O9S/c1-34(2,3)50-32(45)37-27-13-8-6-4-5-7-11-22-17-35(22,31(44)39-51(47,48)24-14-15-24)38-29(42)28-16-23(19-41(28)30(27)43)49-33(46)40-18-21-10-9-12-26(36)25(21)20-40/h7,9-12,22-24,27-28H,4-6,8,13-20H2,1-3H3,(H,37,45)(H,38,42)(H,39,44)/b11-7-/t22-,23?,27-,28+,35-/m1/s1. The van der Waals surface area contributed by atoms with Crippen LogP contribution in [-0.4, -0.2) is 89.2 Å². The van der Waals surface area contributed by atoms with Gasteiger partial charge in [-0.25, -0.2) is 22.4 Å². The number of sulfonamides is 1. The molecule has 6 rings (SSSR count). The summed E-state index contributed by atoms with van der Waals surface area (Å²) in [7, 11) is -3.92. The zero-order valence-electron chi connectivity index (χ0n) is 29.1. The van der Waals surface area contributed by atoms with Crippen molar-refractivity contribution in [2.24, 2.45) is 5.92 Å². The molecule has 14 nitrogen and oxygen atoms in total. The summed E-state index contributed by atoms with van der Waals surface area (Å²) in [6.45, 7) is 5.01. The number of nitrogens with zero attached hydrogens (tertiary/aromatic N) is 2. The van der Waals surface area contributed by atoms with Gasteiger partial charge >= 0.3 is 12.2 Å². The van der Waals surface area contributed by atoms with E-state index in [4.69, 9.17) is 9.47 Å². The molecule has 3 heterocycles. The first kappa shape index (κ1) is 36.6. The lowest BCUT2D eigenvalue weighted by atomic mass is 10.0. The molecular weight excluding hydrogens is 685 g/mol. The minimum Gasteiger partial charge on any atom is -0.444 e. The lowest BCUT2D eigenvalue weighted by molar-refractivity contribution is -0.141. The second-order valence-corrected chi connectivity index (χ2v) is 17.2. The Hall–Kier alpha value is -4.21. The van der Waals surface area contributed by atoms with E-state index in [0.717, 1.165) is 12.8 Å². The zero-order valence-corrected chi connectivity index (χ0v) is 29.9. The first-order chi connectivity index (χ1) is 24.1. The van der Waals surface area contributed by atoms with Crippen molar-refractivity contribution < 1.29 is 46.3 Å². The maximum Gasteiger partial charge on any atom is 0.410 e. The van der Waals surface area contributed by atoms with Crippen LogP contribution in [0.4, 0.5) is 14.0 Å². The van der Waals surface area contributed by atoms with E-state index in [1.807, 2.05) is 12.2 Å². The molecule has 3 aliphatic heterocycles. The lowest BCUT2D eigenvalue weighted by Crippen LogP contribution is -2.58. The van der Waals surface area contributed by atoms with Gasteiger partial charge in [-0.2, -0.15) is 0 Å². The number of carbonyl (C=O) groups excluding carboxylic acids is 5. The van der Waals surface area contributed by atoms with E-state index in [2.05, 4.69) is 15.4 Å². The number of ether oxygens (including phenoxy) is 2. The monoisotopic (exact) mass is 731 g/mol. The highest BCUT2D eigenvalue weighted by Gasteiger charge is 2.62. The molecule has 5 aliphatic rings. The van der Waals surface area contributed by atoms with Gasteiger partial charge in [-0.3, -0.25) is 24.0 Å². The molecular formula is C35H46FN5O9S. The molecule has 278 valence electrons. The predicted molar refractivity (Wildman–Crippen MR) is 180 cm³/mol. The fourth-order valence-corrected chi connectivity index (χ4v) is 8.39. The number of carbonyl (C=O) groups is 5. The third-order valence-corrected chi connectivity index (χ3v) is 11.8. The first-order valence-corrected chi connectivity index (χ1v) is 19.2. The number of hydrogen-bond donors (Lipinski definition) is 3. The molecule has 0 radical (unpaired) electrons. The summed E-state index contributed by atoms with van der Waals surface area (Å²) in [5.41, 5.74) is -1.36. The van der Waals surface area contributed by atoms with Crippen LogP contribution < -0.4 is 15.4 Å². The normalized spacial score (nSPS) is 28.9. The summed E-state index contributed by atoms with van der Waals surface area (Å²) in [4.78, 5) is 70.8. The number of alkyl carbamates (subject to hydrolysis) is 1. The molecule has 1 aromatic carbocycles. The summed E-state index contributed by atoms with van der Waals surface area (Å²) >= 11 is 0. The van der Waals surface area contributed by atoms with Gasteiger partial charge in [-0.1, -0.05) is 37.1 Å². The third-order valence-electron chi connectivity index (χ3n) is 9.99. The number of fused-ring (bicyclic) bond motifs is 3. The summed E-state index contributed by atoms with van der Waals surface area (Å²) in [6, 6.07) is 2.30. The molecule has 51 heavy (non-hydrogen) atoms. The van der Waals surface area contributed by atoms with Crippen molar-refractivity contribution in [1.82, 2.24) is 25.2 Å². The van der Waals surface area contributed by atoms with Crippen LogP contribution in [-0.2, 0) is 47.0 Å². The fraction of sp³-hybridized carbons (Fsp3) is 0.629. The second-order valence-electron chi connectivity index (χ2n) is 15.2. The first-order valence-electron chi connectivity index (χ1n) is 17.6. The molecule has 2 saturated carbocycles. The topological polar surface area (TPSA) is 181 Å². The average Bonchev–Trinajstić information content (AvgIpc) is 3.93. The van der Waals surface area contributed by atoms with Gasteiger partial charge in [0.25, 0.3) is 5.91 Å². The van der Waals surface area contributed by atoms with Crippen LogP contribution in [0.3, 0.4) is 0 Å². The van der Waals surface area contributed by atoms with Crippen molar-refractivity contribution in [2.75, 3.05) is 6.54 Å². The molecule has 1 aromatic rings. The molecule has 16 heteroatoms. The van der Waals surface area contributed by atoms with E-state index < -0.39 is 86.2 Å². The minimum absolute atomic E-state index is 0.00168. The molecule has 1 unspecified atom stereocenters. The van der Waals surface area contributed by atoms with Gasteiger partial charge in [0.2, 0.25) is 21.8 Å². The van der Waals surface area contributed by atoms with Crippen molar-refractivity contribution in [3.05, 3.63) is 47.3 Å². The van der Waals surface area contributed by atoms with Gasteiger partial charge in [-0.15, -0.1) is 0 Å². The van der Waals surface area contributed by atoms with Crippen LogP contribution in [0.25, 0.3) is 0 Å². The van der Waals surface area contributed by atoms with Crippen LogP contribution in [0, 0.1) is 11.7 Å². The largest absolute Gasteiger partial charge is 0.444 e. The van der Waals surface area contributed by atoms with Gasteiger partial charge in [0.15, 0.2) is 0 Å². The van der Waals surface area contributed by atoms with Gasteiger partial charge in [-0.05, 0) is 70.9 Å². The Morgan fingerprint density at radius 3 is 2.53 bits per heavy atom. The van der Waals surface area contributed by atoms with Gasteiger partial charge in [0.1, 0.15) is 35.1 Å². The van der Waals surface area contributed by atoms with Crippen molar-refractivity contribution in [1.29, 1.82) is 0 Å². The molecule has 0 aromatic heterocycles. The Morgan fingerprint density at radius 1 is 1.06 bits per heavy atom. The molecule has 3 fully saturated rings. The van der Waals surface area contributed by atoms with Crippen molar-refractivity contribution in [3.8, 4) is 0 Å². The van der Waals surface area contributed by atoms with E-state index >= 15 is 0 Å². The Balaban J connectivity index is 1.25. The highest BCUT2D eigenvalue weighted by Crippen LogP contribution is 2.46. The summed E-state index contributed by atoms with van der Waals surface area (Å²) in [6.07, 6.45) is 5.10. The molecule has 3 N–H and O–H groups in total. The van der Waals surface area contributed by atoms with Crippen LogP contribution in [0.5, 0.6) is 0 Å². The van der Waals surface area contributed by atoms with Gasteiger partial charge in [0, 0.05) is 24.4 Å². The number of amides is 5. The predicted octanol–water partition coefficient (Wildman–Crippen LogP) is 3.14. The number of nitrogens with one attached hydrogen (secondary N) is 3. The van der Waals surface area contributed by atoms with Crippen molar-refractivity contribution in [3.63, 3.8) is 0 Å². The Bertz CT molecular complexity index is 1730. The summed E-state index contributed by atoms with van der Waals surface area (Å²) in [5, 5.41) is 4.79. The smallest absolute Gasteiger partial charge is 0.410 e. The van der Waals surface area contributed by atoms with Crippen LogP contribution in [0.15, 0.2) is 30.4 Å². The Labute approximate surface area is 296 Å². The number of rotatable bonds is 5. The summed E-state index contributed by atoms with van der Waals surface area (Å²) in [5.74, 6) is -3.06. The summed E-state index contributed by atoms with van der Waals surface area (Å²) < 4.78 is 53.3. The molecule has 0 bridgehead atoms. The maximum absolute atomic E-state index is 14.4. The van der Waals surface area contributed by atoms with E-state index in [1.165, 1.54) is 15.9 Å². The molecule has 5 atom stereocenters. The van der Waals surface area contributed by atoms with E-state index in [9.17, 15) is 36.8 Å². The highest BCUT2D eigenvalue weighted by molar-refractivity contribution is 7.91. The van der Waals surface area contributed by atoms with E-state index in [0.29, 0.717) is 36.8 Å². The highest BCUT2D eigenvalue weighted by atomic mass is 32.2. The maximum atomic E-state index is 14.4. The Morgan fingerprint density at radius 2 is 1.82 bits per heavy atom. The second kappa shape index (κ2) is 14.1.